The van der Waals surface area contributed by atoms with Gasteiger partial charge in [0, 0.05) is 12.4 Å². The highest BCUT2D eigenvalue weighted by molar-refractivity contribution is 7.16. The Balaban J connectivity index is 2.06. The van der Waals surface area contributed by atoms with Crippen molar-refractivity contribution in [2.24, 2.45) is 0 Å². The topological polar surface area (TPSA) is 53.1 Å². The second-order valence-corrected chi connectivity index (χ2v) is 4.80. The van der Waals surface area contributed by atoms with Gasteiger partial charge in [0.25, 0.3) is 0 Å². The van der Waals surface area contributed by atoms with Crippen molar-refractivity contribution in [1.29, 1.82) is 5.26 Å². The highest BCUT2D eigenvalue weighted by atomic mass is 32.1. The number of hydrogen-bond acceptors (Lipinski definition) is 5. The van der Waals surface area contributed by atoms with Crippen molar-refractivity contribution in [3.05, 3.63) is 41.6 Å². The zero-order valence-electron chi connectivity index (χ0n) is 9.62. The van der Waals surface area contributed by atoms with Gasteiger partial charge in [-0.1, -0.05) is 23.5 Å². The Hall–Kier alpha value is -2.32. The summed E-state index contributed by atoms with van der Waals surface area (Å²) in [5.74, 6) is 0. The number of hydrogen-bond donors (Lipinski definition) is 0. The van der Waals surface area contributed by atoms with Gasteiger partial charge in [0.15, 0.2) is 5.13 Å². The van der Waals surface area contributed by atoms with E-state index in [1.54, 1.807) is 12.5 Å². The molecule has 1 aromatic carbocycles. The number of nitrogens with zero attached hydrogens (tertiary/aromatic N) is 3. The summed E-state index contributed by atoms with van der Waals surface area (Å²) in [6.07, 6.45) is 3.29. The highest BCUT2D eigenvalue weighted by Crippen LogP contribution is 2.34. The molecule has 3 rings (SSSR count). The monoisotopic (exact) mass is 255 g/mol. The van der Waals surface area contributed by atoms with Crippen LogP contribution in [0.1, 0.15) is 4.88 Å². The molecule has 2 aromatic heterocycles. The molecule has 4 nitrogen and oxygen atoms in total. The molecule has 0 atom stereocenters. The van der Waals surface area contributed by atoms with Gasteiger partial charge in [0.05, 0.1) is 11.9 Å². The van der Waals surface area contributed by atoms with Crippen LogP contribution in [0.25, 0.3) is 11.0 Å². The standard InChI is InChI=1S/C13H9N3OS/c1-16(13-15-7-9(6-14)18-13)11-8-17-12-5-3-2-4-10(11)12/h2-5,7-8H,1H3. The molecule has 2 heterocycles. The fourth-order valence-corrected chi connectivity index (χ4v) is 2.49. The van der Waals surface area contributed by atoms with E-state index < -0.39 is 0 Å². The van der Waals surface area contributed by atoms with Gasteiger partial charge in [-0.2, -0.15) is 5.26 Å². The van der Waals surface area contributed by atoms with Crippen LogP contribution < -0.4 is 4.90 Å². The number of nitriles is 1. The lowest BCUT2D eigenvalue weighted by atomic mass is 10.2. The first-order valence-electron chi connectivity index (χ1n) is 5.35. The van der Waals surface area contributed by atoms with Crippen LogP contribution in [0.3, 0.4) is 0 Å². The van der Waals surface area contributed by atoms with Crippen LogP contribution in [0.5, 0.6) is 0 Å². The lowest BCUT2D eigenvalue weighted by Gasteiger charge is -2.13. The average Bonchev–Trinajstić information content (AvgIpc) is 3.04. The van der Waals surface area contributed by atoms with Gasteiger partial charge in [0.2, 0.25) is 0 Å². The molecule has 0 spiro atoms. The predicted octanol–water partition coefficient (Wildman–Crippen LogP) is 3.53. The lowest BCUT2D eigenvalue weighted by Crippen LogP contribution is -2.07. The Kier molecular flexibility index (Phi) is 2.50. The zero-order valence-corrected chi connectivity index (χ0v) is 10.4. The van der Waals surface area contributed by atoms with Crippen LogP contribution in [0.2, 0.25) is 0 Å². The van der Waals surface area contributed by atoms with Gasteiger partial charge in [-0.3, -0.25) is 0 Å². The first kappa shape index (κ1) is 10.8. The number of para-hydroxylation sites is 1. The summed E-state index contributed by atoms with van der Waals surface area (Å²) in [7, 11) is 1.91. The smallest absolute Gasteiger partial charge is 0.190 e. The van der Waals surface area contributed by atoms with Crippen molar-refractivity contribution in [3.63, 3.8) is 0 Å². The maximum atomic E-state index is 8.82. The minimum atomic E-state index is 0.602. The first-order valence-corrected chi connectivity index (χ1v) is 6.17. The first-order chi connectivity index (χ1) is 8.79. The molecule has 5 heteroatoms. The Morgan fingerprint density at radius 1 is 1.39 bits per heavy atom. The van der Waals surface area contributed by atoms with Crippen LogP contribution in [0.15, 0.2) is 41.1 Å². The minimum Gasteiger partial charge on any atom is -0.462 e. The molecular formula is C13H9N3OS. The summed E-state index contributed by atoms with van der Waals surface area (Å²) in [6.45, 7) is 0. The summed E-state index contributed by atoms with van der Waals surface area (Å²) < 4.78 is 5.49. The normalized spacial score (nSPS) is 10.4. The summed E-state index contributed by atoms with van der Waals surface area (Å²) >= 11 is 1.36. The maximum Gasteiger partial charge on any atom is 0.190 e. The van der Waals surface area contributed by atoms with Crippen LogP contribution >= 0.6 is 11.3 Å². The van der Waals surface area contributed by atoms with Crippen molar-refractivity contribution in [1.82, 2.24) is 4.98 Å². The number of fused-ring (bicyclic) bond motifs is 1. The molecule has 0 aliphatic carbocycles. The van der Waals surface area contributed by atoms with Crippen molar-refractivity contribution >= 4 is 33.1 Å². The highest BCUT2D eigenvalue weighted by Gasteiger charge is 2.14. The number of aromatic nitrogens is 1. The van der Waals surface area contributed by atoms with Crippen molar-refractivity contribution in [2.45, 2.75) is 0 Å². The minimum absolute atomic E-state index is 0.602. The Morgan fingerprint density at radius 2 is 2.22 bits per heavy atom. The third-order valence-electron chi connectivity index (χ3n) is 2.71. The third kappa shape index (κ3) is 1.63. The largest absolute Gasteiger partial charge is 0.462 e. The molecule has 3 aromatic rings. The molecule has 0 amide bonds. The SMILES string of the molecule is CN(c1ncc(C#N)s1)c1coc2ccccc12. The zero-order chi connectivity index (χ0) is 12.5. The summed E-state index contributed by atoms with van der Waals surface area (Å²) in [5, 5.41) is 10.6. The fourth-order valence-electron chi connectivity index (χ4n) is 1.80. The second-order valence-electron chi connectivity index (χ2n) is 3.80. The second kappa shape index (κ2) is 4.17. The molecule has 0 aliphatic rings. The van der Waals surface area contributed by atoms with Gasteiger partial charge in [-0.25, -0.2) is 4.98 Å². The van der Waals surface area contributed by atoms with Crippen molar-refractivity contribution < 1.29 is 4.42 Å². The summed E-state index contributed by atoms with van der Waals surface area (Å²) in [5.41, 5.74) is 1.79. The molecular weight excluding hydrogens is 246 g/mol. The molecule has 0 radical (unpaired) electrons. The van der Waals surface area contributed by atoms with Crippen molar-refractivity contribution in [3.8, 4) is 6.07 Å². The van der Waals surface area contributed by atoms with Crippen LogP contribution in [-0.4, -0.2) is 12.0 Å². The van der Waals surface area contributed by atoms with E-state index >= 15 is 0 Å². The predicted molar refractivity (Wildman–Crippen MR) is 71.1 cm³/mol. The molecule has 0 unspecified atom stereocenters. The van der Waals surface area contributed by atoms with Crippen LogP contribution in [0, 0.1) is 11.3 Å². The van der Waals surface area contributed by atoms with E-state index in [4.69, 9.17) is 9.68 Å². The Bertz CT molecular complexity index is 738. The summed E-state index contributed by atoms with van der Waals surface area (Å²) in [4.78, 5) is 6.76. The fraction of sp³-hybridized carbons (Fsp3) is 0.0769. The number of rotatable bonds is 2. The Morgan fingerprint density at radius 3 is 3.00 bits per heavy atom. The van der Waals surface area contributed by atoms with E-state index in [1.165, 1.54) is 11.3 Å². The summed E-state index contributed by atoms with van der Waals surface area (Å²) in [6, 6.07) is 9.93. The number of thiazole rings is 1. The van der Waals surface area contributed by atoms with Crippen LogP contribution in [-0.2, 0) is 0 Å². The van der Waals surface area contributed by atoms with Gasteiger partial charge >= 0.3 is 0 Å². The van der Waals surface area contributed by atoms with Crippen molar-refractivity contribution in [2.75, 3.05) is 11.9 Å². The van der Waals surface area contributed by atoms with Gasteiger partial charge < -0.3 is 9.32 Å². The molecule has 0 saturated carbocycles. The Labute approximate surface area is 108 Å². The van der Waals surface area contributed by atoms with Gasteiger partial charge in [0.1, 0.15) is 22.8 Å². The van der Waals surface area contributed by atoms with Crippen LogP contribution in [0.4, 0.5) is 10.8 Å². The molecule has 88 valence electrons. The van der Waals surface area contributed by atoms with Gasteiger partial charge in [-0.15, -0.1) is 0 Å². The lowest BCUT2D eigenvalue weighted by molar-refractivity contribution is 0.616. The van der Waals surface area contributed by atoms with E-state index in [0.29, 0.717) is 4.88 Å². The number of furan rings is 1. The quantitative estimate of drug-likeness (QED) is 0.703. The van der Waals surface area contributed by atoms with Gasteiger partial charge in [-0.05, 0) is 12.1 Å². The molecule has 0 aliphatic heterocycles. The van der Waals surface area contributed by atoms with E-state index in [0.717, 1.165) is 21.8 Å². The van der Waals surface area contributed by atoms with E-state index in [2.05, 4.69) is 11.1 Å². The van der Waals surface area contributed by atoms with E-state index in [-0.39, 0.29) is 0 Å². The molecule has 0 fully saturated rings. The molecule has 0 saturated heterocycles. The van der Waals surface area contributed by atoms with E-state index in [9.17, 15) is 0 Å². The average molecular weight is 255 g/mol. The molecule has 0 bridgehead atoms. The van der Waals surface area contributed by atoms with E-state index in [1.807, 2.05) is 36.2 Å². The third-order valence-corrected chi connectivity index (χ3v) is 3.69. The molecule has 0 N–H and O–H groups in total. The number of anilines is 2. The maximum absolute atomic E-state index is 8.82. The molecule has 18 heavy (non-hydrogen) atoms. The number of benzene rings is 1.